The van der Waals surface area contributed by atoms with Gasteiger partial charge in [-0.05, 0) is 48.0 Å². The van der Waals surface area contributed by atoms with Gasteiger partial charge >= 0.3 is 0 Å². The molecule has 30 heavy (non-hydrogen) atoms. The number of hydrogen-bond donors (Lipinski definition) is 2. The molecular formula is C20H15ClN4O3S2. The Bertz CT molecular complexity index is 1320. The number of sulfonamides is 1. The first-order valence-electron chi connectivity index (χ1n) is 8.77. The molecule has 2 N–H and O–H groups in total. The molecule has 10 heteroatoms. The molecule has 4 rings (SSSR count). The Hall–Kier alpha value is -3.01. The number of carbonyl (C=O) groups is 1. The molecule has 7 nitrogen and oxygen atoms in total. The highest BCUT2D eigenvalue weighted by Gasteiger charge is 2.15. The lowest BCUT2D eigenvalue weighted by Crippen LogP contribution is -2.16. The van der Waals surface area contributed by atoms with Crippen LogP contribution in [0.3, 0.4) is 0 Å². The number of fused-ring (bicyclic) bond motifs is 1. The van der Waals surface area contributed by atoms with Gasteiger partial charge in [0.15, 0.2) is 0 Å². The van der Waals surface area contributed by atoms with Crippen molar-refractivity contribution in [3.05, 3.63) is 82.9 Å². The van der Waals surface area contributed by atoms with E-state index >= 15 is 0 Å². The third-order valence-corrected chi connectivity index (χ3v) is 6.26. The molecule has 0 aliphatic carbocycles. The van der Waals surface area contributed by atoms with Crippen molar-refractivity contribution in [3.8, 4) is 0 Å². The van der Waals surface area contributed by atoms with Crippen molar-refractivity contribution in [1.29, 1.82) is 0 Å². The third-order valence-electron chi connectivity index (χ3n) is 4.20. The molecule has 152 valence electrons. The number of aromatic nitrogens is 2. The zero-order valence-corrected chi connectivity index (χ0v) is 17.8. The van der Waals surface area contributed by atoms with E-state index in [-0.39, 0.29) is 11.7 Å². The van der Waals surface area contributed by atoms with Gasteiger partial charge in [-0.2, -0.15) is 8.75 Å². The minimum Gasteiger partial charge on any atom is -0.320 e. The molecule has 1 amide bonds. The highest BCUT2D eigenvalue weighted by atomic mass is 35.5. The molecular weight excluding hydrogens is 444 g/mol. The number of nitrogens with one attached hydrogen (secondary N) is 2. The number of anilines is 2. The molecule has 1 heterocycles. The lowest BCUT2D eigenvalue weighted by molar-refractivity contribution is 0.102. The minimum absolute atomic E-state index is 0.209. The zero-order valence-electron chi connectivity index (χ0n) is 15.4. The second-order valence-corrected chi connectivity index (χ2v) is 9.15. The van der Waals surface area contributed by atoms with Crippen molar-refractivity contribution in [2.75, 3.05) is 10.0 Å². The summed E-state index contributed by atoms with van der Waals surface area (Å²) in [4.78, 5) is 12.7. The highest BCUT2D eigenvalue weighted by Crippen LogP contribution is 2.22. The summed E-state index contributed by atoms with van der Waals surface area (Å²) in [5, 5.41) is 3.33. The van der Waals surface area contributed by atoms with E-state index in [0.717, 1.165) is 11.7 Å². The lowest BCUT2D eigenvalue weighted by Gasteiger charge is -2.10. The van der Waals surface area contributed by atoms with E-state index in [9.17, 15) is 13.2 Å². The van der Waals surface area contributed by atoms with E-state index in [1.54, 1.807) is 54.6 Å². The van der Waals surface area contributed by atoms with E-state index in [1.807, 2.05) is 6.07 Å². The Balaban J connectivity index is 1.50. The van der Waals surface area contributed by atoms with Gasteiger partial charge in [0, 0.05) is 16.3 Å². The van der Waals surface area contributed by atoms with Crippen LogP contribution in [0.15, 0.2) is 66.7 Å². The Morgan fingerprint density at radius 1 is 1.00 bits per heavy atom. The van der Waals surface area contributed by atoms with Gasteiger partial charge in [0.1, 0.15) is 11.0 Å². The Kier molecular flexibility index (Phi) is 5.67. The zero-order chi connectivity index (χ0) is 21.1. The molecule has 0 aliphatic heterocycles. The normalized spacial score (nSPS) is 11.4. The number of carbonyl (C=O) groups excluding carboxylic acids is 1. The van der Waals surface area contributed by atoms with Crippen LogP contribution in [0.25, 0.3) is 11.0 Å². The largest absolute Gasteiger partial charge is 0.320 e. The second-order valence-electron chi connectivity index (χ2n) is 6.46. The maximum absolute atomic E-state index is 12.7. The van der Waals surface area contributed by atoms with Gasteiger partial charge in [-0.25, -0.2) is 8.42 Å². The first kappa shape index (κ1) is 20.3. The molecule has 0 atom stereocenters. The smallest absolute Gasteiger partial charge is 0.255 e. The molecule has 0 aliphatic rings. The maximum atomic E-state index is 12.7. The number of halogens is 1. The van der Waals surface area contributed by atoms with Crippen molar-refractivity contribution in [2.24, 2.45) is 0 Å². The van der Waals surface area contributed by atoms with Crippen LogP contribution in [0.5, 0.6) is 0 Å². The summed E-state index contributed by atoms with van der Waals surface area (Å²) in [5.41, 5.74) is 3.05. The summed E-state index contributed by atoms with van der Waals surface area (Å²) < 4.78 is 35.8. The molecule has 0 fully saturated rings. The van der Waals surface area contributed by atoms with Crippen LogP contribution in [0.4, 0.5) is 11.4 Å². The molecule has 1 aromatic heterocycles. The summed E-state index contributed by atoms with van der Waals surface area (Å²) in [7, 11) is -3.66. The quantitative estimate of drug-likeness (QED) is 0.441. The van der Waals surface area contributed by atoms with Crippen LogP contribution in [0.2, 0.25) is 5.02 Å². The number of rotatable bonds is 6. The van der Waals surface area contributed by atoms with Crippen LogP contribution >= 0.6 is 23.3 Å². The summed E-state index contributed by atoms with van der Waals surface area (Å²) in [6.45, 7) is 0. The van der Waals surface area contributed by atoms with Crippen molar-refractivity contribution in [2.45, 2.75) is 5.75 Å². The number of nitrogens with zero attached hydrogens (tertiary/aromatic N) is 2. The average Bonchev–Trinajstić information content (AvgIpc) is 3.19. The number of hydrogen-bond acceptors (Lipinski definition) is 6. The average molecular weight is 459 g/mol. The summed E-state index contributed by atoms with van der Waals surface area (Å²) in [5.74, 6) is -0.589. The van der Waals surface area contributed by atoms with Crippen molar-refractivity contribution < 1.29 is 13.2 Å². The van der Waals surface area contributed by atoms with E-state index in [2.05, 4.69) is 18.8 Å². The van der Waals surface area contributed by atoms with Gasteiger partial charge in [-0.1, -0.05) is 35.9 Å². The monoisotopic (exact) mass is 458 g/mol. The number of benzene rings is 3. The Morgan fingerprint density at radius 3 is 2.57 bits per heavy atom. The highest BCUT2D eigenvalue weighted by molar-refractivity contribution is 7.91. The molecule has 0 unspecified atom stereocenters. The number of amides is 1. The van der Waals surface area contributed by atoms with Gasteiger partial charge < -0.3 is 5.32 Å². The molecule has 0 spiro atoms. The first-order valence-corrected chi connectivity index (χ1v) is 11.5. The predicted molar refractivity (Wildman–Crippen MR) is 120 cm³/mol. The van der Waals surface area contributed by atoms with Crippen LogP contribution in [-0.4, -0.2) is 23.1 Å². The molecule has 4 aromatic rings. The second kappa shape index (κ2) is 8.39. The van der Waals surface area contributed by atoms with Crippen LogP contribution in [0, 0.1) is 0 Å². The standard InChI is InChI=1S/C20H15ClN4O3S2/c21-15-9-7-13(8-10-15)12-30(27,28)25-16-4-1-3-14(11-16)20(26)22-17-5-2-6-18-19(17)24-29-23-18/h1-11,25H,12H2,(H,22,26). The van der Waals surface area contributed by atoms with E-state index in [0.29, 0.717) is 38.6 Å². The first-order chi connectivity index (χ1) is 14.4. The molecule has 0 saturated heterocycles. The Labute approximate surface area is 182 Å². The van der Waals surface area contributed by atoms with Crippen LogP contribution < -0.4 is 10.0 Å². The van der Waals surface area contributed by atoms with Crippen LogP contribution in [0.1, 0.15) is 15.9 Å². The van der Waals surface area contributed by atoms with Gasteiger partial charge in [-0.15, -0.1) is 0 Å². The van der Waals surface area contributed by atoms with Gasteiger partial charge in [0.05, 0.1) is 23.2 Å². The lowest BCUT2D eigenvalue weighted by atomic mass is 10.2. The molecule has 0 radical (unpaired) electrons. The van der Waals surface area contributed by atoms with Crippen molar-refractivity contribution in [3.63, 3.8) is 0 Å². The Morgan fingerprint density at radius 2 is 1.77 bits per heavy atom. The van der Waals surface area contributed by atoms with Crippen molar-refractivity contribution >= 4 is 61.7 Å². The van der Waals surface area contributed by atoms with E-state index < -0.39 is 10.0 Å². The predicted octanol–water partition coefficient (Wildman–Crippen LogP) is 4.54. The fourth-order valence-electron chi connectivity index (χ4n) is 2.84. The fraction of sp³-hybridized carbons (Fsp3) is 0.0500. The molecule has 0 bridgehead atoms. The van der Waals surface area contributed by atoms with E-state index in [1.165, 1.54) is 6.07 Å². The minimum atomic E-state index is -3.66. The summed E-state index contributed by atoms with van der Waals surface area (Å²) in [6, 6.07) is 18.2. The van der Waals surface area contributed by atoms with Gasteiger partial charge in [0.2, 0.25) is 10.0 Å². The molecule has 0 saturated carbocycles. The third kappa shape index (κ3) is 4.76. The maximum Gasteiger partial charge on any atom is 0.255 e. The topological polar surface area (TPSA) is 101 Å². The van der Waals surface area contributed by atoms with Gasteiger partial charge in [0.25, 0.3) is 5.91 Å². The van der Waals surface area contributed by atoms with Crippen LogP contribution in [-0.2, 0) is 15.8 Å². The summed E-state index contributed by atoms with van der Waals surface area (Å²) >= 11 is 6.90. The van der Waals surface area contributed by atoms with Crippen molar-refractivity contribution in [1.82, 2.24) is 8.75 Å². The summed E-state index contributed by atoms with van der Waals surface area (Å²) in [6.07, 6.45) is 0. The molecule has 3 aromatic carbocycles. The van der Waals surface area contributed by atoms with E-state index in [4.69, 9.17) is 11.6 Å². The van der Waals surface area contributed by atoms with Gasteiger partial charge in [-0.3, -0.25) is 9.52 Å². The SMILES string of the molecule is O=C(Nc1cccc2nsnc12)c1cccc(NS(=O)(=O)Cc2ccc(Cl)cc2)c1. The fourth-order valence-corrected chi connectivity index (χ4v) is 4.71.